The maximum absolute atomic E-state index is 13.7. The number of carbonyl (C=O) groups excluding carboxylic acids is 1. The molecule has 24 heavy (non-hydrogen) atoms. The summed E-state index contributed by atoms with van der Waals surface area (Å²) in [5.74, 6) is -0.743. The van der Waals surface area contributed by atoms with Crippen LogP contribution in [0.15, 0.2) is 59.2 Å². The van der Waals surface area contributed by atoms with Crippen LogP contribution in [0.5, 0.6) is 0 Å². The van der Waals surface area contributed by atoms with Crippen LogP contribution in [0.3, 0.4) is 0 Å². The summed E-state index contributed by atoms with van der Waals surface area (Å²) in [5.41, 5.74) is 2.34. The number of halogens is 1. The molecule has 122 valence electrons. The minimum atomic E-state index is -0.576. The Bertz CT molecular complexity index is 843. The third-order valence-electron chi connectivity index (χ3n) is 3.82. The highest BCUT2D eigenvalue weighted by Gasteiger charge is 2.25. The van der Waals surface area contributed by atoms with Crippen LogP contribution in [-0.4, -0.2) is 11.9 Å². The average molecular weight is 323 g/mol. The molecule has 0 amide bonds. The van der Waals surface area contributed by atoms with Gasteiger partial charge in [-0.1, -0.05) is 51.1 Å². The topological polar surface area (TPSA) is 38.7 Å². The van der Waals surface area contributed by atoms with Crippen molar-refractivity contribution in [1.82, 2.24) is 0 Å². The molecule has 0 spiro atoms. The Kier molecular flexibility index (Phi) is 4.06. The first-order chi connectivity index (χ1) is 11.3. The smallest absolute Gasteiger partial charge is 0.363 e. The Morgan fingerprint density at radius 1 is 1.04 bits per heavy atom. The van der Waals surface area contributed by atoms with Gasteiger partial charge in [0.2, 0.25) is 5.90 Å². The maximum atomic E-state index is 13.7. The van der Waals surface area contributed by atoms with Crippen LogP contribution in [-0.2, 0) is 14.9 Å². The van der Waals surface area contributed by atoms with E-state index in [0.717, 1.165) is 0 Å². The molecular weight excluding hydrogens is 305 g/mol. The van der Waals surface area contributed by atoms with E-state index in [1.165, 1.54) is 17.7 Å². The van der Waals surface area contributed by atoms with Gasteiger partial charge in [0, 0.05) is 11.1 Å². The van der Waals surface area contributed by atoms with Gasteiger partial charge >= 0.3 is 5.97 Å². The fourth-order valence-corrected chi connectivity index (χ4v) is 2.38. The van der Waals surface area contributed by atoms with Crippen molar-refractivity contribution in [3.63, 3.8) is 0 Å². The predicted molar refractivity (Wildman–Crippen MR) is 92.1 cm³/mol. The summed E-state index contributed by atoms with van der Waals surface area (Å²) in [4.78, 5) is 16.2. The number of nitrogens with zero attached hydrogens (tertiary/aromatic N) is 1. The van der Waals surface area contributed by atoms with E-state index < -0.39 is 11.8 Å². The molecular formula is C20H18FNO2. The largest absolute Gasteiger partial charge is 0.402 e. The van der Waals surface area contributed by atoms with Crippen LogP contribution < -0.4 is 0 Å². The van der Waals surface area contributed by atoms with Crippen LogP contribution in [0.2, 0.25) is 0 Å². The van der Waals surface area contributed by atoms with Crippen molar-refractivity contribution in [3.05, 3.63) is 76.7 Å². The Morgan fingerprint density at radius 2 is 1.71 bits per heavy atom. The quantitative estimate of drug-likeness (QED) is 0.604. The Morgan fingerprint density at radius 3 is 2.33 bits per heavy atom. The molecule has 1 aliphatic rings. The molecule has 0 saturated heterocycles. The molecule has 0 N–H and O–H groups in total. The van der Waals surface area contributed by atoms with Gasteiger partial charge in [-0.2, -0.15) is 0 Å². The predicted octanol–water partition coefficient (Wildman–Crippen LogP) is 4.47. The SMILES string of the molecule is CC(C)(C)c1ccc(C2=NC(=Cc3ccccc3F)C(=O)O2)cc1. The minimum Gasteiger partial charge on any atom is -0.402 e. The van der Waals surface area contributed by atoms with Crippen LogP contribution in [0, 0.1) is 5.82 Å². The average Bonchev–Trinajstić information content (AvgIpc) is 2.90. The number of esters is 1. The molecule has 0 fully saturated rings. The van der Waals surface area contributed by atoms with Gasteiger partial charge in [0.05, 0.1) is 0 Å². The molecule has 0 aromatic heterocycles. The van der Waals surface area contributed by atoms with E-state index in [2.05, 4.69) is 25.8 Å². The van der Waals surface area contributed by atoms with E-state index in [-0.39, 0.29) is 17.0 Å². The van der Waals surface area contributed by atoms with Gasteiger partial charge < -0.3 is 4.74 Å². The summed E-state index contributed by atoms with van der Waals surface area (Å²) >= 11 is 0. The van der Waals surface area contributed by atoms with Crippen LogP contribution in [0.1, 0.15) is 37.5 Å². The highest BCUT2D eigenvalue weighted by molar-refractivity contribution is 6.12. The molecule has 0 saturated carbocycles. The first-order valence-electron chi connectivity index (χ1n) is 7.72. The van der Waals surface area contributed by atoms with Crippen LogP contribution in [0.4, 0.5) is 4.39 Å². The summed E-state index contributed by atoms with van der Waals surface area (Å²) in [7, 11) is 0. The van der Waals surface area contributed by atoms with Gasteiger partial charge in [-0.05, 0) is 35.3 Å². The third-order valence-corrected chi connectivity index (χ3v) is 3.82. The van der Waals surface area contributed by atoms with Gasteiger partial charge in [-0.3, -0.25) is 0 Å². The van der Waals surface area contributed by atoms with Gasteiger partial charge in [0.15, 0.2) is 5.70 Å². The summed E-state index contributed by atoms with van der Waals surface area (Å²) in [6.07, 6.45) is 1.40. The number of aliphatic imine (C=N–C) groups is 1. The van der Waals surface area contributed by atoms with Gasteiger partial charge in [0.25, 0.3) is 0 Å². The number of ether oxygens (including phenoxy) is 1. The van der Waals surface area contributed by atoms with Crippen molar-refractivity contribution in [3.8, 4) is 0 Å². The molecule has 0 aliphatic carbocycles. The summed E-state index contributed by atoms with van der Waals surface area (Å²) in [6, 6.07) is 13.9. The summed E-state index contributed by atoms with van der Waals surface area (Å²) < 4.78 is 18.9. The fraction of sp³-hybridized carbons (Fsp3) is 0.200. The number of hydrogen-bond donors (Lipinski definition) is 0. The lowest BCUT2D eigenvalue weighted by atomic mass is 9.87. The van der Waals surface area contributed by atoms with E-state index in [9.17, 15) is 9.18 Å². The summed E-state index contributed by atoms with van der Waals surface area (Å²) in [5, 5.41) is 0. The second kappa shape index (κ2) is 6.04. The van der Waals surface area contributed by atoms with Crippen molar-refractivity contribution in [1.29, 1.82) is 0 Å². The molecule has 2 aromatic rings. The zero-order valence-electron chi connectivity index (χ0n) is 13.8. The normalized spacial score (nSPS) is 16.2. The molecule has 2 aromatic carbocycles. The molecule has 0 unspecified atom stereocenters. The minimum absolute atomic E-state index is 0.0442. The van der Waals surface area contributed by atoms with E-state index in [1.54, 1.807) is 18.2 Å². The van der Waals surface area contributed by atoms with Gasteiger partial charge in [-0.15, -0.1) is 0 Å². The lowest BCUT2D eigenvalue weighted by Crippen LogP contribution is -2.11. The highest BCUT2D eigenvalue weighted by atomic mass is 19.1. The molecule has 1 aliphatic heterocycles. The van der Waals surface area contributed by atoms with Gasteiger partial charge in [0.1, 0.15) is 5.82 Å². The standard InChI is InChI=1S/C20H18FNO2/c1-20(2,3)15-10-8-13(9-11-15)18-22-17(19(23)24-18)12-14-6-4-5-7-16(14)21/h4-12H,1-3H3. The molecule has 3 rings (SSSR count). The highest BCUT2D eigenvalue weighted by Crippen LogP contribution is 2.24. The third kappa shape index (κ3) is 3.27. The number of rotatable bonds is 2. The fourth-order valence-electron chi connectivity index (χ4n) is 2.38. The zero-order valence-corrected chi connectivity index (χ0v) is 13.8. The van der Waals surface area contributed by atoms with Crippen LogP contribution >= 0.6 is 0 Å². The number of hydrogen-bond acceptors (Lipinski definition) is 3. The molecule has 3 nitrogen and oxygen atoms in total. The molecule has 0 atom stereocenters. The lowest BCUT2D eigenvalue weighted by Gasteiger charge is -2.18. The van der Waals surface area contributed by atoms with Crippen LogP contribution in [0.25, 0.3) is 6.08 Å². The first kappa shape index (κ1) is 16.1. The first-order valence-corrected chi connectivity index (χ1v) is 7.72. The van der Waals surface area contributed by atoms with E-state index >= 15 is 0 Å². The number of carbonyl (C=O) groups is 1. The Hall–Kier alpha value is -2.75. The molecule has 0 radical (unpaired) electrons. The van der Waals surface area contributed by atoms with Crippen molar-refractivity contribution in [2.45, 2.75) is 26.2 Å². The monoisotopic (exact) mass is 323 g/mol. The number of benzene rings is 2. The van der Waals surface area contributed by atoms with Crippen molar-refractivity contribution in [2.24, 2.45) is 4.99 Å². The van der Waals surface area contributed by atoms with Gasteiger partial charge in [-0.25, -0.2) is 14.2 Å². The second-order valence-electron chi connectivity index (χ2n) is 6.68. The van der Waals surface area contributed by atoms with Crippen molar-refractivity contribution < 1.29 is 13.9 Å². The van der Waals surface area contributed by atoms with E-state index in [4.69, 9.17) is 4.74 Å². The van der Waals surface area contributed by atoms with E-state index in [1.807, 2.05) is 24.3 Å². The Balaban J connectivity index is 1.91. The molecule has 4 heteroatoms. The molecule has 1 heterocycles. The van der Waals surface area contributed by atoms with Crippen molar-refractivity contribution >= 4 is 17.9 Å². The lowest BCUT2D eigenvalue weighted by molar-refractivity contribution is -0.129. The number of cyclic esters (lactones) is 1. The zero-order chi connectivity index (χ0) is 17.3. The summed E-state index contributed by atoms with van der Waals surface area (Å²) in [6.45, 7) is 6.39. The maximum Gasteiger partial charge on any atom is 0.363 e. The van der Waals surface area contributed by atoms with E-state index in [0.29, 0.717) is 11.1 Å². The van der Waals surface area contributed by atoms with Crippen molar-refractivity contribution in [2.75, 3.05) is 0 Å². The molecule has 0 bridgehead atoms. The second-order valence-corrected chi connectivity index (χ2v) is 6.68. The Labute approximate surface area is 140 Å².